The second-order valence-electron chi connectivity index (χ2n) is 11.7. The first-order valence-corrected chi connectivity index (χ1v) is 15.7. The normalized spacial score (nSPS) is 24.9. The Morgan fingerprint density at radius 2 is 1.00 bits per heavy atom. The van der Waals surface area contributed by atoms with Gasteiger partial charge in [0, 0.05) is 12.1 Å². The summed E-state index contributed by atoms with van der Waals surface area (Å²) >= 11 is 0. The van der Waals surface area contributed by atoms with Crippen LogP contribution < -0.4 is 10.6 Å². The fourth-order valence-corrected chi connectivity index (χ4v) is 6.38. The zero-order chi connectivity index (χ0) is 29.1. The van der Waals surface area contributed by atoms with E-state index in [1.807, 2.05) is 0 Å². The zero-order valence-electron chi connectivity index (χ0n) is 24.4. The van der Waals surface area contributed by atoms with Gasteiger partial charge >= 0.3 is 12.1 Å². The number of hydrogen-bond donors (Lipinski definition) is 2. The molecule has 40 heavy (non-hydrogen) atoms. The molecule has 2 atom stereocenters. The summed E-state index contributed by atoms with van der Waals surface area (Å²) in [4.78, 5) is 74.8. The van der Waals surface area contributed by atoms with Gasteiger partial charge in [-0.05, 0) is 38.5 Å². The largest absolute Gasteiger partial charge is 0.331 e. The van der Waals surface area contributed by atoms with Crippen molar-refractivity contribution in [1.29, 1.82) is 0 Å². The minimum Gasteiger partial charge on any atom is -0.277 e. The molecule has 2 N–H and O–H groups in total. The minimum atomic E-state index is -0.686. The SMILES string of the molecule is CCC1C(=O)NC(=O)N(C2CCCCC2)C1=O.CCCCCCCCC1C(=O)NC(=O)N(C2CCCCC2)C1=O. The maximum absolute atomic E-state index is 12.7. The summed E-state index contributed by atoms with van der Waals surface area (Å²) in [6.45, 7) is 3.97. The Balaban J connectivity index is 0.000000230. The number of amides is 8. The van der Waals surface area contributed by atoms with Crippen LogP contribution >= 0.6 is 0 Å². The van der Waals surface area contributed by atoms with E-state index in [2.05, 4.69) is 17.6 Å². The molecule has 0 radical (unpaired) electrons. The van der Waals surface area contributed by atoms with Gasteiger partial charge in [-0.25, -0.2) is 9.59 Å². The molecule has 2 saturated heterocycles. The molecule has 224 valence electrons. The lowest BCUT2D eigenvalue weighted by atomic mass is 9.91. The third-order valence-corrected chi connectivity index (χ3v) is 8.74. The van der Waals surface area contributed by atoms with E-state index in [4.69, 9.17) is 0 Å². The smallest absolute Gasteiger partial charge is 0.277 e. The number of nitrogens with one attached hydrogen (secondary N) is 2. The molecule has 4 aliphatic rings. The van der Waals surface area contributed by atoms with Crippen molar-refractivity contribution in [3.8, 4) is 0 Å². The van der Waals surface area contributed by atoms with E-state index in [0.717, 1.165) is 77.0 Å². The number of carbonyl (C=O) groups is 6. The van der Waals surface area contributed by atoms with Gasteiger partial charge in [0.1, 0.15) is 11.8 Å². The van der Waals surface area contributed by atoms with E-state index < -0.39 is 35.7 Å². The van der Waals surface area contributed by atoms with E-state index in [9.17, 15) is 28.8 Å². The van der Waals surface area contributed by atoms with Gasteiger partial charge in [-0.1, -0.05) is 90.9 Å². The second kappa shape index (κ2) is 15.9. The molecule has 10 nitrogen and oxygen atoms in total. The standard InChI is InChI=1S/C18H30N2O3.C12H18N2O3/c1-2-3-4-5-6-10-13-15-16(21)19-18(23)20(17(15)22)14-11-8-7-9-12-14;1-2-9-10(15)13-12(17)14(11(9)16)8-6-4-3-5-7-8/h14-15H,2-13H2,1H3,(H,19,21,23);8-9H,2-7H2,1H3,(H,13,15,17). The van der Waals surface area contributed by atoms with Gasteiger partial charge in [0.15, 0.2) is 0 Å². The Morgan fingerprint density at radius 3 is 1.48 bits per heavy atom. The van der Waals surface area contributed by atoms with Gasteiger partial charge in [0.2, 0.25) is 23.6 Å². The summed E-state index contributed by atoms with van der Waals surface area (Å²) in [6, 6.07) is -1.07. The fraction of sp³-hybridized carbons (Fsp3) is 0.800. The highest BCUT2D eigenvalue weighted by Crippen LogP contribution is 2.28. The summed E-state index contributed by atoms with van der Waals surface area (Å²) in [5.41, 5.74) is 0. The predicted octanol–water partition coefficient (Wildman–Crippen LogP) is 5.19. The quantitative estimate of drug-likeness (QED) is 0.279. The first-order valence-electron chi connectivity index (χ1n) is 15.7. The fourth-order valence-electron chi connectivity index (χ4n) is 6.38. The van der Waals surface area contributed by atoms with Crippen LogP contribution in [0.5, 0.6) is 0 Å². The van der Waals surface area contributed by atoms with Gasteiger partial charge in [-0.2, -0.15) is 0 Å². The van der Waals surface area contributed by atoms with Gasteiger partial charge in [0.25, 0.3) is 0 Å². The maximum Gasteiger partial charge on any atom is 0.331 e. The van der Waals surface area contributed by atoms with E-state index in [1.54, 1.807) is 6.92 Å². The molecule has 2 saturated carbocycles. The Morgan fingerprint density at radius 1 is 0.575 bits per heavy atom. The van der Waals surface area contributed by atoms with Gasteiger partial charge in [-0.3, -0.25) is 39.6 Å². The lowest BCUT2D eigenvalue weighted by molar-refractivity contribution is -0.146. The van der Waals surface area contributed by atoms with Crippen LogP contribution in [0.2, 0.25) is 0 Å². The molecule has 4 rings (SSSR count). The third-order valence-electron chi connectivity index (χ3n) is 8.74. The molecule has 0 aromatic heterocycles. The number of nitrogens with zero attached hydrogens (tertiary/aromatic N) is 2. The van der Waals surface area contributed by atoms with Gasteiger partial charge in [0.05, 0.1) is 0 Å². The number of imide groups is 4. The molecule has 2 aliphatic heterocycles. The summed E-state index contributed by atoms with van der Waals surface area (Å²) in [6.07, 6.45) is 17.8. The van der Waals surface area contributed by atoms with Crippen molar-refractivity contribution < 1.29 is 28.8 Å². The number of hydrogen-bond acceptors (Lipinski definition) is 6. The van der Waals surface area contributed by atoms with Gasteiger partial charge < -0.3 is 0 Å². The van der Waals surface area contributed by atoms with Crippen molar-refractivity contribution in [3.05, 3.63) is 0 Å². The highest BCUT2D eigenvalue weighted by molar-refractivity contribution is 6.17. The molecule has 10 heteroatoms. The molecular formula is C30H48N4O6. The first-order chi connectivity index (χ1) is 19.3. The molecule has 4 fully saturated rings. The highest BCUT2D eigenvalue weighted by atomic mass is 16.2. The molecule has 0 bridgehead atoms. The topological polar surface area (TPSA) is 133 Å². The summed E-state index contributed by atoms with van der Waals surface area (Å²) in [5, 5.41) is 4.68. The molecule has 0 aromatic carbocycles. The van der Waals surface area contributed by atoms with Gasteiger partial charge in [-0.15, -0.1) is 0 Å². The summed E-state index contributed by atoms with van der Waals surface area (Å²) in [7, 11) is 0. The van der Waals surface area contributed by atoms with E-state index >= 15 is 0 Å². The average molecular weight is 561 g/mol. The number of unbranched alkanes of at least 4 members (excludes halogenated alkanes) is 5. The van der Waals surface area contributed by atoms with Crippen molar-refractivity contribution >= 4 is 35.7 Å². The van der Waals surface area contributed by atoms with Crippen molar-refractivity contribution in [2.45, 2.75) is 142 Å². The van der Waals surface area contributed by atoms with Crippen LogP contribution in [0.4, 0.5) is 9.59 Å². The van der Waals surface area contributed by atoms with Crippen molar-refractivity contribution in [2.24, 2.45) is 11.8 Å². The number of carbonyl (C=O) groups excluding carboxylic acids is 6. The van der Waals surface area contributed by atoms with Crippen molar-refractivity contribution in [2.75, 3.05) is 0 Å². The van der Waals surface area contributed by atoms with Crippen LogP contribution in [-0.2, 0) is 19.2 Å². The van der Waals surface area contributed by atoms with E-state index in [0.29, 0.717) is 12.8 Å². The Labute approximate surface area is 238 Å². The first kappa shape index (κ1) is 31.7. The van der Waals surface area contributed by atoms with E-state index in [-0.39, 0.29) is 23.9 Å². The van der Waals surface area contributed by atoms with Crippen molar-refractivity contribution in [1.82, 2.24) is 20.4 Å². The van der Waals surface area contributed by atoms with Crippen LogP contribution in [0.15, 0.2) is 0 Å². The lowest BCUT2D eigenvalue weighted by Crippen LogP contribution is -2.61. The van der Waals surface area contributed by atoms with Crippen LogP contribution in [0, 0.1) is 11.8 Å². The second-order valence-corrected chi connectivity index (χ2v) is 11.7. The van der Waals surface area contributed by atoms with Crippen LogP contribution in [0.25, 0.3) is 0 Å². The van der Waals surface area contributed by atoms with Crippen molar-refractivity contribution in [3.63, 3.8) is 0 Å². The Hall–Kier alpha value is -2.78. The van der Waals surface area contributed by atoms with Crippen LogP contribution in [-0.4, -0.2) is 57.6 Å². The molecule has 0 spiro atoms. The number of rotatable bonds is 10. The van der Waals surface area contributed by atoms with E-state index in [1.165, 1.54) is 35.5 Å². The predicted molar refractivity (Wildman–Crippen MR) is 150 cm³/mol. The Bertz CT molecular complexity index is 925. The maximum atomic E-state index is 12.7. The number of urea groups is 2. The molecule has 2 heterocycles. The molecular weight excluding hydrogens is 512 g/mol. The van der Waals surface area contributed by atoms with Crippen LogP contribution in [0.3, 0.4) is 0 Å². The molecule has 8 amide bonds. The summed E-state index contributed by atoms with van der Waals surface area (Å²) in [5.74, 6) is -2.78. The third kappa shape index (κ3) is 8.13. The monoisotopic (exact) mass is 560 g/mol. The Kier molecular flexibility index (Phi) is 12.6. The van der Waals surface area contributed by atoms with Crippen LogP contribution in [0.1, 0.15) is 129 Å². The lowest BCUT2D eigenvalue weighted by Gasteiger charge is -2.37. The number of barbiturate groups is 2. The summed E-state index contributed by atoms with van der Waals surface area (Å²) < 4.78 is 0. The highest BCUT2D eigenvalue weighted by Gasteiger charge is 2.44. The minimum absolute atomic E-state index is 0.0154. The average Bonchev–Trinajstić information content (AvgIpc) is 2.93. The zero-order valence-corrected chi connectivity index (χ0v) is 24.4. The molecule has 0 aromatic rings. The molecule has 2 aliphatic carbocycles. The molecule has 2 unspecified atom stereocenters.